The van der Waals surface area contributed by atoms with E-state index in [1.54, 1.807) is 12.1 Å². The molecule has 3 N–H and O–H groups in total. The van der Waals surface area contributed by atoms with E-state index in [-0.39, 0.29) is 29.8 Å². The normalized spacial score (nSPS) is 22.2. The van der Waals surface area contributed by atoms with Crippen LogP contribution in [0.25, 0.3) is 0 Å². The molecule has 1 unspecified atom stereocenters. The van der Waals surface area contributed by atoms with Gasteiger partial charge in [0, 0.05) is 6.26 Å². The number of piperidine rings is 1. The fraction of sp³-hybridized carbons (Fsp3) is 0.632. The van der Waals surface area contributed by atoms with Gasteiger partial charge in [-0.15, -0.1) is 0 Å². The molecule has 2 aliphatic rings. The number of carbonyl (C=O) groups excluding carboxylic acids is 1. The number of aliphatic hydroxyl groups is 1. The first-order chi connectivity index (χ1) is 13.8. The van der Waals surface area contributed by atoms with Crippen LogP contribution in [0.3, 0.4) is 0 Å². The van der Waals surface area contributed by atoms with Crippen molar-refractivity contribution in [2.75, 3.05) is 39.2 Å². The van der Waals surface area contributed by atoms with Crippen LogP contribution in [0.1, 0.15) is 19.3 Å². The van der Waals surface area contributed by atoms with Crippen molar-refractivity contribution in [3.63, 3.8) is 0 Å². The molecule has 1 amide bonds. The lowest BCUT2D eigenvalue weighted by molar-refractivity contribution is -0.0194. The maximum atomic E-state index is 12.0. The first-order valence-corrected chi connectivity index (χ1v) is 11.5. The van der Waals surface area contributed by atoms with Crippen LogP contribution in [0, 0.1) is 0 Å². The molecule has 2 atom stereocenters. The van der Waals surface area contributed by atoms with Gasteiger partial charge in [-0.25, -0.2) is 13.2 Å². The van der Waals surface area contributed by atoms with Gasteiger partial charge in [0.2, 0.25) is 0 Å². The van der Waals surface area contributed by atoms with Gasteiger partial charge in [-0.3, -0.25) is 0 Å². The van der Waals surface area contributed by atoms with Gasteiger partial charge in [-0.05, 0) is 50.6 Å². The van der Waals surface area contributed by atoms with E-state index >= 15 is 0 Å². The molecule has 0 saturated carbocycles. The Morgan fingerprint density at radius 1 is 1.38 bits per heavy atom. The summed E-state index contributed by atoms with van der Waals surface area (Å²) in [6.45, 7) is 1.91. The van der Waals surface area contributed by atoms with Crippen LogP contribution in [0.4, 0.5) is 4.79 Å². The van der Waals surface area contributed by atoms with Crippen molar-refractivity contribution >= 4 is 15.9 Å². The fourth-order valence-corrected chi connectivity index (χ4v) is 4.24. The van der Waals surface area contributed by atoms with Crippen LogP contribution < -0.4 is 15.4 Å². The van der Waals surface area contributed by atoms with Crippen molar-refractivity contribution in [3.8, 4) is 5.75 Å². The van der Waals surface area contributed by atoms with Crippen molar-refractivity contribution in [2.45, 2.75) is 41.9 Å². The zero-order valence-corrected chi connectivity index (χ0v) is 17.2. The molecule has 1 aromatic rings. The number of alkyl carbamates (subject to hydrolysis) is 1. The average Bonchev–Trinajstić information content (AvgIpc) is 3.06. The summed E-state index contributed by atoms with van der Waals surface area (Å²) in [6, 6.07) is 5.89. The van der Waals surface area contributed by atoms with Crippen molar-refractivity contribution in [1.82, 2.24) is 10.6 Å². The van der Waals surface area contributed by atoms with E-state index in [9.17, 15) is 18.3 Å². The third-order valence-electron chi connectivity index (χ3n) is 5.13. The van der Waals surface area contributed by atoms with E-state index in [0.29, 0.717) is 12.4 Å². The van der Waals surface area contributed by atoms with Gasteiger partial charge >= 0.3 is 6.09 Å². The molecule has 2 fully saturated rings. The van der Waals surface area contributed by atoms with Crippen LogP contribution in [0.15, 0.2) is 29.2 Å². The van der Waals surface area contributed by atoms with Crippen molar-refractivity contribution < 1.29 is 32.5 Å². The SMILES string of the molecule is CS(=O)(=O)c1cccc(OC[C@H](O)COC(=O)NC2COC3(CCNCC3)C2)c1. The smallest absolute Gasteiger partial charge is 0.407 e. The van der Waals surface area contributed by atoms with Crippen LogP contribution in [0.2, 0.25) is 0 Å². The molecule has 2 heterocycles. The second-order valence-electron chi connectivity index (χ2n) is 7.60. The zero-order chi connectivity index (χ0) is 20.9. The third kappa shape index (κ3) is 6.30. The molecule has 162 valence electrons. The lowest BCUT2D eigenvalue weighted by Gasteiger charge is -2.32. The van der Waals surface area contributed by atoms with E-state index in [2.05, 4.69) is 10.6 Å². The van der Waals surface area contributed by atoms with E-state index in [1.807, 2.05) is 0 Å². The average molecular weight is 429 g/mol. The molecule has 3 rings (SSSR count). The van der Waals surface area contributed by atoms with Crippen LogP contribution in [-0.4, -0.2) is 76.5 Å². The number of amides is 1. The Kier molecular flexibility index (Phi) is 6.99. The van der Waals surface area contributed by atoms with Gasteiger partial charge in [-0.2, -0.15) is 0 Å². The van der Waals surface area contributed by atoms with E-state index in [1.165, 1.54) is 12.1 Å². The summed E-state index contributed by atoms with van der Waals surface area (Å²) in [6.07, 6.45) is 2.07. The molecule has 2 saturated heterocycles. The summed E-state index contributed by atoms with van der Waals surface area (Å²) in [5.41, 5.74) is -0.156. The van der Waals surface area contributed by atoms with Gasteiger partial charge in [-0.1, -0.05) is 6.07 Å². The Bertz CT molecular complexity index is 809. The first-order valence-electron chi connectivity index (χ1n) is 9.65. The largest absolute Gasteiger partial charge is 0.491 e. The summed E-state index contributed by atoms with van der Waals surface area (Å²) in [4.78, 5) is 12.1. The van der Waals surface area contributed by atoms with Crippen LogP contribution >= 0.6 is 0 Å². The highest BCUT2D eigenvalue weighted by molar-refractivity contribution is 7.90. The second kappa shape index (κ2) is 9.29. The first kappa shape index (κ1) is 21.8. The predicted molar refractivity (Wildman–Crippen MR) is 105 cm³/mol. The number of rotatable bonds is 7. The fourth-order valence-electron chi connectivity index (χ4n) is 3.58. The summed E-state index contributed by atoms with van der Waals surface area (Å²) >= 11 is 0. The van der Waals surface area contributed by atoms with Crippen molar-refractivity contribution in [3.05, 3.63) is 24.3 Å². The Morgan fingerprint density at radius 2 is 2.14 bits per heavy atom. The van der Waals surface area contributed by atoms with Crippen LogP contribution in [0.5, 0.6) is 5.75 Å². The lowest BCUT2D eigenvalue weighted by atomic mass is 9.88. The number of sulfone groups is 1. The van der Waals surface area contributed by atoms with Crippen LogP contribution in [-0.2, 0) is 19.3 Å². The molecular formula is C19H28N2O7S. The summed E-state index contributed by atoms with van der Waals surface area (Å²) in [7, 11) is -3.34. The van der Waals surface area contributed by atoms with E-state index < -0.39 is 22.0 Å². The van der Waals surface area contributed by atoms with Gasteiger partial charge < -0.3 is 30.0 Å². The molecule has 10 heteroatoms. The second-order valence-corrected chi connectivity index (χ2v) is 9.62. The topological polar surface area (TPSA) is 123 Å². The Labute approximate surface area is 170 Å². The number of hydrogen-bond donors (Lipinski definition) is 3. The molecule has 0 aliphatic carbocycles. The number of hydrogen-bond acceptors (Lipinski definition) is 8. The van der Waals surface area contributed by atoms with E-state index in [0.717, 1.165) is 38.6 Å². The number of ether oxygens (including phenoxy) is 3. The number of benzene rings is 1. The van der Waals surface area contributed by atoms with Gasteiger partial charge in [0.1, 0.15) is 25.1 Å². The standard InChI is InChI=1S/C19H28N2O7S/c1-29(24,25)17-4-2-3-16(9-17)26-12-15(22)13-27-18(23)21-14-10-19(28-11-14)5-7-20-8-6-19/h2-4,9,14-15,20,22H,5-8,10-13H2,1H3,(H,21,23)/t14?,15-/m0/s1. The zero-order valence-electron chi connectivity index (χ0n) is 16.4. The molecule has 0 radical (unpaired) electrons. The van der Waals surface area contributed by atoms with Crippen molar-refractivity contribution in [1.29, 1.82) is 0 Å². The van der Waals surface area contributed by atoms with Crippen molar-refractivity contribution in [2.24, 2.45) is 0 Å². The summed E-state index contributed by atoms with van der Waals surface area (Å²) in [5.74, 6) is 0.312. The molecule has 29 heavy (non-hydrogen) atoms. The maximum absolute atomic E-state index is 12.0. The Hall–Kier alpha value is -1.88. The number of aliphatic hydroxyl groups excluding tert-OH is 1. The molecule has 9 nitrogen and oxygen atoms in total. The monoisotopic (exact) mass is 428 g/mol. The number of carbonyl (C=O) groups is 1. The molecule has 0 aromatic heterocycles. The minimum atomic E-state index is -3.34. The van der Waals surface area contributed by atoms with Gasteiger partial charge in [0.25, 0.3) is 0 Å². The molecule has 0 bridgehead atoms. The number of nitrogens with one attached hydrogen (secondary N) is 2. The van der Waals surface area contributed by atoms with Gasteiger partial charge in [0.05, 0.1) is 23.1 Å². The minimum Gasteiger partial charge on any atom is -0.491 e. The maximum Gasteiger partial charge on any atom is 0.407 e. The molecule has 1 spiro atoms. The minimum absolute atomic E-state index is 0.104. The lowest BCUT2D eigenvalue weighted by Crippen LogP contribution is -2.43. The Balaban J connectivity index is 1.37. The molecular weight excluding hydrogens is 400 g/mol. The molecule has 1 aromatic carbocycles. The molecule has 2 aliphatic heterocycles. The predicted octanol–water partition coefficient (Wildman–Crippen LogP) is 0.467. The van der Waals surface area contributed by atoms with Gasteiger partial charge in [0.15, 0.2) is 9.84 Å². The highest BCUT2D eigenvalue weighted by Gasteiger charge is 2.41. The highest BCUT2D eigenvalue weighted by atomic mass is 32.2. The summed E-state index contributed by atoms with van der Waals surface area (Å²) in [5, 5.41) is 16.0. The quantitative estimate of drug-likeness (QED) is 0.573. The Morgan fingerprint density at radius 3 is 2.86 bits per heavy atom. The highest BCUT2D eigenvalue weighted by Crippen LogP contribution is 2.33. The van der Waals surface area contributed by atoms with E-state index in [4.69, 9.17) is 14.2 Å². The third-order valence-corrected chi connectivity index (χ3v) is 6.24. The summed E-state index contributed by atoms with van der Waals surface area (Å²) < 4.78 is 39.5.